The van der Waals surface area contributed by atoms with Gasteiger partial charge in [0.2, 0.25) is 5.78 Å². The van der Waals surface area contributed by atoms with Crippen molar-refractivity contribution in [3.8, 4) is 0 Å². The molecule has 0 aliphatic rings. The molecule has 0 aliphatic carbocycles. The van der Waals surface area contributed by atoms with Crippen molar-refractivity contribution in [3.05, 3.63) is 66.2 Å². The second-order valence-electron chi connectivity index (χ2n) is 4.24. The number of hydrogen-bond acceptors (Lipinski definition) is 4. The van der Waals surface area contributed by atoms with Crippen LogP contribution in [0.25, 0.3) is 0 Å². The minimum absolute atomic E-state index is 0.101. The molecule has 0 radical (unpaired) electrons. The van der Waals surface area contributed by atoms with Crippen LogP contribution in [-0.4, -0.2) is 17.6 Å². The number of oxime groups is 1. The van der Waals surface area contributed by atoms with Crippen molar-refractivity contribution in [1.82, 2.24) is 0 Å². The lowest BCUT2D eigenvalue weighted by atomic mass is 10.1. The molecule has 0 spiro atoms. The van der Waals surface area contributed by atoms with E-state index in [0.717, 1.165) is 0 Å². The summed E-state index contributed by atoms with van der Waals surface area (Å²) in [6.07, 6.45) is -0.749. The third kappa shape index (κ3) is 4.28. The first-order valence-corrected chi connectivity index (χ1v) is 6.34. The number of rotatable bonds is 4. The van der Waals surface area contributed by atoms with Gasteiger partial charge in [0.1, 0.15) is 5.71 Å². The first-order chi connectivity index (χ1) is 10.2. The van der Waals surface area contributed by atoms with Crippen LogP contribution in [0.15, 0.2) is 65.8 Å². The number of nitrogens with zero attached hydrogens (tertiary/aromatic N) is 1. The van der Waals surface area contributed by atoms with Gasteiger partial charge in [0.25, 0.3) is 0 Å². The molecule has 2 rings (SSSR count). The lowest BCUT2D eigenvalue weighted by molar-refractivity contribution is 0.105. The number of benzene rings is 2. The van der Waals surface area contributed by atoms with Gasteiger partial charge in [-0.25, -0.2) is 4.79 Å². The molecule has 0 saturated heterocycles. The molecule has 0 saturated carbocycles. The van der Waals surface area contributed by atoms with Crippen LogP contribution >= 0.6 is 0 Å². The Hall–Kier alpha value is -2.95. The van der Waals surface area contributed by atoms with Crippen molar-refractivity contribution >= 4 is 23.3 Å². The fourth-order valence-corrected chi connectivity index (χ4v) is 1.61. The number of carbonyl (C=O) groups is 2. The molecule has 0 bridgehead atoms. The van der Waals surface area contributed by atoms with E-state index in [4.69, 9.17) is 0 Å². The third-order valence-electron chi connectivity index (χ3n) is 2.65. The van der Waals surface area contributed by atoms with Crippen LogP contribution in [0.1, 0.15) is 17.3 Å². The number of Topliss-reactive ketones (excluding diaryl/α,β-unsaturated/α-hetero) is 1. The van der Waals surface area contributed by atoms with Crippen LogP contribution < -0.4 is 5.32 Å². The molecule has 0 heterocycles. The third-order valence-corrected chi connectivity index (χ3v) is 2.65. The molecule has 1 N–H and O–H groups in total. The second kappa shape index (κ2) is 7.00. The Labute approximate surface area is 122 Å². The Morgan fingerprint density at radius 1 is 0.952 bits per heavy atom. The lowest BCUT2D eigenvalue weighted by Gasteiger charge is -2.03. The molecule has 106 valence electrons. The van der Waals surface area contributed by atoms with Gasteiger partial charge in [-0.2, -0.15) is 0 Å². The quantitative estimate of drug-likeness (QED) is 0.404. The Morgan fingerprint density at radius 2 is 1.52 bits per heavy atom. The summed E-state index contributed by atoms with van der Waals surface area (Å²) in [7, 11) is 0. The van der Waals surface area contributed by atoms with E-state index in [9.17, 15) is 9.59 Å². The van der Waals surface area contributed by atoms with E-state index in [1.165, 1.54) is 6.92 Å². The topological polar surface area (TPSA) is 67.8 Å². The molecule has 0 unspecified atom stereocenters. The molecule has 0 fully saturated rings. The van der Waals surface area contributed by atoms with Gasteiger partial charge >= 0.3 is 6.09 Å². The highest BCUT2D eigenvalue weighted by molar-refractivity contribution is 6.45. The maximum atomic E-state index is 12.0. The summed E-state index contributed by atoms with van der Waals surface area (Å²) in [5.74, 6) is -0.289. The van der Waals surface area contributed by atoms with Gasteiger partial charge < -0.3 is 0 Å². The summed E-state index contributed by atoms with van der Waals surface area (Å²) in [6, 6.07) is 17.5. The van der Waals surface area contributed by atoms with E-state index < -0.39 is 6.09 Å². The predicted molar refractivity (Wildman–Crippen MR) is 80.4 cm³/mol. The Bertz CT molecular complexity index is 652. The average Bonchev–Trinajstić information content (AvgIpc) is 2.53. The van der Waals surface area contributed by atoms with Crippen LogP contribution in [-0.2, 0) is 4.84 Å². The van der Waals surface area contributed by atoms with Crippen molar-refractivity contribution in [2.75, 3.05) is 5.32 Å². The number of amides is 1. The molecule has 5 heteroatoms. The zero-order valence-corrected chi connectivity index (χ0v) is 11.4. The van der Waals surface area contributed by atoms with Gasteiger partial charge in [0.15, 0.2) is 0 Å². The fourth-order valence-electron chi connectivity index (χ4n) is 1.61. The van der Waals surface area contributed by atoms with Crippen LogP contribution in [0.3, 0.4) is 0 Å². The smallest absolute Gasteiger partial charge is 0.297 e. The van der Waals surface area contributed by atoms with Crippen molar-refractivity contribution in [2.24, 2.45) is 5.16 Å². The highest BCUT2D eigenvalue weighted by Crippen LogP contribution is 2.06. The van der Waals surface area contributed by atoms with Crippen LogP contribution in [0.4, 0.5) is 10.5 Å². The van der Waals surface area contributed by atoms with Gasteiger partial charge in [-0.1, -0.05) is 53.7 Å². The summed E-state index contributed by atoms with van der Waals surface area (Å²) in [4.78, 5) is 28.2. The summed E-state index contributed by atoms with van der Waals surface area (Å²) in [6.45, 7) is 1.49. The van der Waals surface area contributed by atoms with E-state index in [1.807, 2.05) is 12.1 Å². The van der Waals surface area contributed by atoms with Gasteiger partial charge in [-0.3, -0.25) is 14.9 Å². The molecule has 5 nitrogen and oxygen atoms in total. The minimum Gasteiger partial charge on any atom is -0.297 e. The number of hydrogen-bond donors (Lipinski definition) is 1. The molecule has 0 aliphatic heterocycles. The number of ketones is 1. The highest BCUT2D eigenvalue weighted by Gasteiger charge is 2.10. The number of para-hydroxylation sites is 1. The Kier molecular flexibility index (Phi) is 4.82. The maximum Gasteiger partial charge on any atom is 0.437 e. The van der Waals surface area contributed by atoms with Gasteiger partial charge in [0, 0.05) is 11.3 Å². The number of carbonyl (C=O) groups excluding carboxylic acids is 2. The zero-order chi connectivity index (χ0) is 15.1. The monoisotopic (exact) mass is 282 g/mol. The molecule has 0 aromatic heterocycles. The van der Waals surface area contributed by atoms with E-state index in [-0.39, 0.29) is 11.5 Å². The van der Waals surface area contributed by atoms with E-state index in [1.54, 1.807) is 48.5 Å². The van der Waals surface area contributed by atoms with Gasteiger partial charge in [0.05, 0.1) is 0 Å². The summed E-state index contributed by atoms with van der Waals surface area (Å²) in [5, 5.41) is 6.05. The summed E-state index contributed by atoms with van der Waals surface area (Å²) < 4.78 is 0. The van der Waals surface area contributed by atoms with E-state index in [2.05, 4.69) is 15.3 Å². The first-order valence-electron chi connectivity index (χ1n) is 6.34. The molecule has 0 atom stereocenters. The van der Waals surface area contributed by atoms with E-state index in [0.29, 0.717) is 11.3 Å². The second-order valence-corrected chi connectivity index (χ2v) is 4.24. The zero-order valence-electron chi connectivity index (χ0n) is 11.4. The number of anilines is 1. The highest BCUT2D eigenvalue weighted by atomic mass is 16.7. The minimum atomic E-state index is -0.749. The average molecular weight is 282 g/mol. The fraction of sp³-hybridized carbons (Fsp3) is 0.0625. The largest absolute Gasteiger partial charge is 0.437 e. The lowest BCUT2D eigenvalue weighted by Crippen LogP contribution is -2.15. The standard InChI is InChI=1S/C16H14N2O3/c1-12(15(19)13-8-4-2-5-9-13)18-21-16(20)17-14-10-6-3-7-11-14/h2-11H,1H3,(H,17,20). The van der Waals surface area contributed by atoms with Crippen molar-refractivity contribution in [3.63, 3.8) is 0 Å². The van der Waals surface area contributed by atoms with Crippen molar-refractivity contribution in [2.45, 2.75) is 6.92 Å². The molecule has 21 heavy (non-hydrogen) atoms. The van der Waals surface area contributed by atoms with Gasteiger partial charge in [-0.05, 0) is 19.1 Å². The van der Waals surface area contributed by atoms with Crippen molar-refractivity contribution in [1.29, 1.82) is 0 Å². The van der Waals surface area contributed by atoms with Crippen LogP contribution in [0, 0.1) is 0 Å². The molecule has 1 amide bonds. The molecule has 2 aromatic carbocycles. The normalized spacial score (nSPS) is 10.8. The first kappa shape index (κ1) is 14.5. The predicted octanol–water partition coefficient (Wildman–Crippen LogP) is 3.49. The SMILES string of the molecule is CC(=NOC(=O)Nc1ccccc1)C(=O)c1ccccc1. The maximum absolute atomic E-state index is 12.0. The molecular formula is C16H14N2O3. The molecular weight excluding hydrogens is 268 g/mol. The van der Waals surface area contributed by atoms with Gasteiger partial charge in [-0.15, -0.1) is 0 Å². The van der Waals surface area contributed by atoms with E-state index >= 15 is 0 Å². The van der Waals surface area contributed by atoms with Crippen LogP contribution in [0.2, 0.25) is 0 Å². The molecule has 2 aromatic rings. The Balaban J connectivity index is 1.94. The number of nitrogens with one attached hydrogen (secondary N) is 1. The summed E-state index contributed by atoms with van der Waals surface area (Å²) >= 11 is 0. The van der Waals surface area contributed by atoms with Crippen LogP contribution in [0.5, 0.6) is 0 Å². The van der Waals surface area contributed by atoms with Crippen molar-refractivity contribution < 1.29 is 14.4 Å². The Morgan fingerprint density at radius 3 is 2.14 bits per heavy atom. The summed E-state index contributed by atoms with van der Waals surface area (Å²) in [5.41, 5.74) is 1.18.